The van der Waals surface area contributed by atoms with Crippen LogP contribution in [0.2, 0.25) is 0 Å². The van der Waals surface area contributed by atoms with Crippen molar-refractivity contribution in [1.82, 2.24) is 9.80 Å². The second kappa shape index (κ2) is 8.13. The van der Waals surface area contributed by atoms with Crippen molar-refractivity contribution in [3.8, 4) is 0 Å². The van der Waals surface area contributed by atoms with E-state index >= 15 is 0 Å². The molecule has 0 bridgehead atoms. The van der Waals surface area contributed by atoms with Gasteiger partial charge in [-0.05, 0) is 25.2 Å². The molecule has 2 rings (SSSR count). The third-order valence-corrected chi connectivity index (χ3v) is 5.19. The van der Waals surface area contributed by atoms with E-state index in [1.165, 1.54) is 0 Å². The Kier molecular flexibility index (Phi) is 6.45. The van der Waals surface area contributed by atoms with E-state index in [1.54, 1.807) is 0 Å². The molecule has 5 nitrogen and oxygen atoms in total. The van der Waals surface area contributed by atoms with Crippen molar-refractivity contribution in [1.29, 1.82) is 0 Å². The number of hydrogen-bond acceptors (Lipinski definition) is 3. The molecule has 1 heterocycles. The lowest BCUT2D eigenvalue weighted by molar-refractivity contribution is -0.143. The van der Waals surface area contributed by atoms with Crippen LogP contribution in [0.1, 0.15) is 65.2 Å². The standard InChI is InChI=1S/C18H32N2O3/c1-15(2)6-7-16(21)19-10-12-20(13-11-19)17(22)14-18(23)8-4-3-5-9-18/h15,23H,3-14H2,1-2H3. The van der Waals surface area contributed by atoms with Gasteiger partial charge in [0.25, 0.3) is 0 Å². The van der Waals surface area contributed by atoms with Gasteiger partial charge in [0.2, 0.25) is 11.8 Å². The van der Waals surface area contributed by atoms with E-state index in [-0.39, 0.29) is 18.2 Å². The lowest BCUT2D eigenvalue weighted by Gasteiger charge is -2.38. The fraction of sp³-hybridized carbons (Fsp3) is 0.889. The summed E-state index contributed by atoms with van der Waals surface area (Å²) in [5.41, 5.74) is -0.792. The monoisotopic (exact) mass is 324 g/mol. The topological polar surface area (TPSA) is 60.9 Å². The molecule has 0 aromatic heterocycles. The molecule has 1 saturated carbocycles. The Labute approximate surface area is 140 Å². The van der Waals surface area contributed by atoms with E-state index in [9.17, 15) is 14.7 Å². The number of amides is 2. The van der Waals surface area contributed by atoms with E-state index in [0.29, 0.717) is 38.5 Å². The van der Waals surface area contributed by atoms with Crippen LogP contribution in [-0.2, 0) is 9.59 Å². The average molecular weight is 324 g/mol. The molecule has 0 aromatic carbocycles. The summed E-state index contributed by atoms with van der Waals surface area (Å²) in [5.74, 6) is 0.790. The molecule has 132 valence electrons. The molecule has 2 amide bonds. The highest BCUT2D eigenvalue weighted by atomic mass is 16.3. The third kappa shape index (κ3) is 5.48. The van der Waals surface area contributed by atoms with Gasteiger partial charge in [-0.1, -0.05) is 33.1 Å². The Hall–Kier alpha value is -1.10. The van der Waals surface area contributed by atoms with Gasteiger partial charge in [0.1, 0.15) is 0 Å². The normalized spacial score (nSPS) is 21.6. The zero-order valence-corrected chi connectivity index (χ0v) is 14.7. The van der Waals surface area contributed by atoms with Gasteiger partial charge in [0.15, 0.2) is 0 Å². The molecule has 2 aliphatic rings. The van der Waals surface area contributed by atoms with E-state index in [4.69, 9.17) is 0 Å². The van der Waals surface area contributed by atoms with Crippen molar-refractivity contribution in [2.75, 3.05) is 26.2 Å². The zero-order chi connectivity index (χ0) is 16.9. The van der Waals surface area contributed by atoms with E-state index in [0.717, 1.165) is 38.5 Å². The van der Waals surface area contributed by atoms with Gasteiger partial charge >= 0.3 is 0 Å². The summed E-state index contributed by atoms with van der Waals surface area (Å²) in [7, 11) is 0. The fourth-order valence-corrected chi connectivity index (χ4v) is 3.56. The minimum Gasteiger partial charge on any atom is -0.389 e. The Morgan fingerprint density at radius 1 is 0.957 bits per heavy atom. The summed E-state index contributed by atoms with van der Waals surface area (Å²) in [6.07, 6.45) is 6.45. The minimum absolute atomic E-state index is 0.0451. The molecular weight excluding hydrogens is 292 g/mol. The molecule has 1 N–H and O–H groups in total. The summed E-state index contributed by atoms with van der Waals surface area (Å²) < 4.78 is 0. The molecule has 0 radical (unpaired) electrons. The van der Waals surface area contributed by atoms with Gasteiger partial charge in [-0.25, -0.2) is 0 Å². The predicted octanol–water partition coefficient (Wildman–Crippen LogP) is 2.18. The number of carbonyl (C=O) groups excluding carboxylic acids is 2. The molecule has 23 heavy (non-hydrogen) atoms. The Morgan fingerprint density at radius 3 is 2.00 bits per heavy atom. The van der Waals surface area contributed by atoms with Crippen LogP contribution < -0.4 is 0 Å². The maximum absolute atomic E-state index is 12.4. The summed E-state index contributed by atoms with van der Waals surface area (Å²) in [6.45, 7) is 6.70. The van der Waals surface area contributed by atoms with Crippen molar-refractivity contribution in [2.45, 2.75) is 70.8 Å². The lowest BCUT2D eigenvalue weighted by Crippen LogP contribution is -2.52. The minimum atomic E-state index is -0.792. The van der Waals surface area contributed by atoms with E-state index in [1.807, 2.05) is 9.80 Å². The van der Waals surface area contributed by atoms with Crippen molar-refractivity contribution in [2.24, 2.45) is 5.92 Å². The number of rotatable bonds is 5. The zero-order valence-electron chi connectivity index (χ0n) is 14.7. The second-order valence-corrected chi connectivity index (χ2v) is 7.66. The van der Waals surface area contributed by atoms with Crippen LogP contribution in [0, 0.1) is 5.92 Å². The maximum Gasteiger partial charge on any atom is 0.225 e. The highest BCUT2D eigenvalue weighted by Gasteiger charge is 2.34. The molecule has 5 heteroatoms. The summed E-state index contributed by atoms with van der Waals surface area (Å²) in [5, 5.41) is 10.5. The first-order valence-corrected chi connectivity index (χ1v) is 9.17. The predicted molar refractivity (Wildman–Crippen MR) is 89.9 cm³/mol. The molecule has 1 aliphatic heterocycles. The van der Waals surface area contributed by atoms with Crippen LogP contribution >= 0.6 is 0 Å². The van der Waals surface area contributed by atoms with Crippen LogP contribution in [0.5, 0.6) is 0 Å². The highest BCUT2D eigenvalue weighted by Crippen LogP contribution is 2.31. The molecule has 0 aromatic rings. The Morgan fingerprint density at radius 2 is 1.48 bits per heavy atom. The van der Waals surface area contributed by atoms with E-state index < -0.39 is 5.60 Å². The number of hydrogen-bond donors (Lipinski definition) is 1. The Balaban J connectivity index is 1.75. The van der Waals surface area contributed by atoms with Gasteiger partial charge < -0.3 is 14.9 Å². The van der Waals surface area contributed by atoms with Gasteiger partial charge in [-0.15, -0.1) is 0 Å². The molecule has 0 atom stereocenters. The highest BCUT2D eigenvalue weighted by molar-refractivity contribution is 5.79. The SMILES string of the molecule is CC(C)CCC(=O)N1CCN(C(=O)CC2(O)CCCCC2)CC1. The molecule has 2 fully saturated rings. The first-order valence-electron chi connectivity index (χ1n) is 9.17. The quantitative estimate of drug-likeness (QED) is 0.843. The largest absolute Gasteiger partial charge is 0.389 e. The average Bonchev–Trinajstić information content (AvgIpc) is 2.53. The molecular formula is C18H32N2O3. The molecule has 0 spiro atoms. The van der Waals surface area contributed by atoms with Crippen molar-refractivity contribution in [3.05, 3.63) is 0 Å². The van der Waals surface area contributed by atoms with Crippen LogP contribution in [0.15, 0.2) is 0 Å². The molecule has 1 aliphatic carbocycles. The van der Waals surface area contributed by atoms with Crippen LogP contribution in [0.4, 0.5) is 0 Å². The van der Waals surface area contributed by atoms with Crippen LogP contribution in [0.3, 0.4) is 0 Å². The fourth-order valence-electron chi connectivity index (χ4n) is 3.56. The number of piperazine rings is 1. The van der Waals surface area contributed by atoms with Crippen LogP contribution in [-0.4, -0.2) is 58.5 Å². The summed E-state index contributed by atoms with van der Waals surface area (Å²) in [6, 6.07) is 0. The first kappa shape index (κ1) is 18.2. The molecule has 1 saturated heterocycles. The molecule has 0 unspecified atom stereocenters. The van der Waals surface area contributed by atoms with Gasteiger partial charge in [-0.2, -0.15) is 0 Å². The number of carbonyl (C=O) groups is 2. The summed E-state index contributed by atoms with van der Waals surface area (Å²) in [4.78, 5) is 28.2. The van der Waals surface area contributed by atoms with E-state index in [2.05, 4.69) is 13.8 Å². The third-order valence-electron chi connectivity index (χ3n) is 5.19. The van der Waals surface area contributed by atoms with Gasteiger partial charge in [-0.3, -0.25) is 9.59 Å². The number of nitrogens with zero attached hydrogens (tertiary/aromatic N) is 2. The number of aliphatic hydroxyl groups is 1. The lowest BCUT2D eigenvalue weighted by atomic mass is 9.82. The van der Waals surface area contributed by atoms with Crippen molar-refractivity contribution < 1.29 is 14.7 Å². The van der Waals surface area contributed by atoms with Gasteiger partial charge in [0.05, 0.1) is 12.0 Å². The van der Waals surface area contributed by atoms with Crippen molar-refractivity contribution >= 4 is 11.8 Å². The second-order valence-electron chi connectivity index (χ2n) is 7.66. The Bertz CT molecular complexity index is 408. The van der Waals surface area contributed by atoms with Gasteiger partial charge in [0, 0.05) is 32.6 Å². The maximum atomic E-state index is 12.4. The van der Waals surface area contributed by atoms with Crippen molar-refractivity contribution in [3.63, 3.8) is 0 Å². The first-order chi connectivity index (χ1) is 10.9. The summed E-state index contributed by atoms with van der Waals surface area (Å²) >= 11 is 0. The smallest absolute Gasteiger partial charge is 0.225 e. The van der Waals surface area contributed by atoms with Crippen LogP contribution in [0.25, 0.3) is 0 Å².